The average Bonchev–Trinajstić information content (AvgIpc) is 2.62. The number of anilines is 1. The molecule has 9 heteroatoms. The van der Waals surface area contributed by atoms with Gasteiger partial charge in [0.25, 0.3) is 0 Å². The van der Waals surface area contributed by atoms with E-state index in [1.54, 1.807) is 24.3 Å². The summed E-state index contributed by atoms with van der Waals surface area (Å²) in [7, 11) is 0. The molecular formula is C18H13ClF3N3O2. The van der Waals surface area contributed by atoms with E-state index in [2.05, 4.69) is 10.4 Å². The monoisotopic (exact) mass is 395 g/mol. The Morgan fingerprint density at radius 3 is 2.63 bits per heavy atom. The zero-order chi connectivity index (χ0) is 19.6. The fraction of sp³-hybridized carbons (Fsp3) is 0.167. The van der Waals surface area contributed by atoms with Gasteiger partial charge in [-0.3, -0.25) is 14.3 Å². The number of fused-ring (bicyclic) bond motifs is 1. The third kappa shape index (κ3) is 4.28. The SMILES string of the molecule is O=C(CCn1ncc(=O)c2ccccc21)Nc1ccc(C(F)(F)F)cc1Cl. The van der Waals surface area contributed by atoms with Crippen LogP contribution in [0.1, 0.15) is 12.0 Å². The third-order valence-corrected chi connectivity index (χ3v) is 4.20. The van der Waals surface area contributed by atoms with Gasteiger partial charge in [0, 0.05) is 11.8 Å². The third-order valence-electron chi connectivity index (χ3n) is 3.88. The largest absolute Gasteiger partial charge is 0.416 e. The van der Waals surface area contributed by atoms with Gasteiger partial charge in [-0.05, 0) is 30.3 Å². The Kier molecular flexibility index (Phi) is 5.18. The predicted molar refractivity (Wildman–Crippen MR) is 95.7 cm³/mol. The van der Waals surface area contributed by atoms with Gasteiger partial charge in [0.05, 0.1) is 34.5 Å². The van der Waals surface area contributed by atoms with Crippen molar-refractivity contribution in [1.29, 1.82) is 0 Å². The van der Waals surface area contributed by atoms with E-state index < -0.39 is 17.6 Å². The molecule has 0 atom stereocenters. The van der Waals surface area contributed by atoms with Gasteiger partial charge in [-0.25, -0.2) is 0 Å². The number of para-hydroxylation sites is 1. The van der Waals surface area contributed by atoms with E-state index in [1.165, 1.54) is 10.9 Å². The van der Waals surface area contributed by atoms with E-state index >= 15 is 0 Å². The number of carbonyl (C=O) groups excluding carboxylic acids is 1. The topological polar surface area (TPSA) is 64.0 Å². The Balaban J connectivity index is 1.71. The van der Waals surface area contributed by atoms with Crippen LogP contribution in [0.3, 0.4) is 0 Å². The Morgan fingerprint density at radius 1 is 1.19 bits per heavy atom. The molecule has 0 aliphatic carbocycles. The van der Waals surface area contributed by atoms with Gasteiger partial charge in [-0.15, -0.1) is 0 Å². The minimum Gasteiger partial charge on any atom is -0.325 e. The minimum absolute atomic E-state index is 0.00276. The summed E-state index contributed by atoms with van der Waals surface area (Å²) in [4.78, 5) is 23.9. The van der Waals surface area contributed by atoms with Crippen LogP contribution in [0.4, 0.5) is 18.9 Å². The van der Waals surface area contributed by atoms with Gasteiger partial charge >= 0.3 is 6.18 Å². The van der Waals surface area contributed by atoms with E-state index in [9.17, 15) is 22.8 Å². The lowest BCUT2D eigenvalue weighted by molar-refractivity contribution is -0.137. The molecule has 0 saturated heterocycles. The number of amides is 1. The fourth-order valence-electron chi connectivity index (χ4n) is 2.55. The smallest absolute Gasteiger partial charge is 0.325 e. The highest BCUT2D eigenvalue weighted by molar-refractivity contribution is 6.33. The zero-order valence-corrected chi connectivity index (χ0v) is 14.5. The highest BCUT2D eigenvalue weighted by atomic mass is 35.5. The molecule has 1 heterocycles. The minimum atomic E-state index is -4.51. The van der Waals surface area contributed by atoms with Crippen LogP contribution in [0.25, 0.3) is 10.9 Å². The molecule has 0 saturated carbocycles. The molecule has 5 nitrogen and oxygen atoms in total. The van der Waals surface area contributed by atoms with Crippen molar-refractivity contribution in [1.82, 2.24) is 9.78 Å². The van der Waals surface area contributed by atoms with E-state index in [1.807, 2.05) is 0 Å². The van der Waals surface area contributed by atoms with Crippen molar-refractivity contribution < 1.29 is 18.0 Å². The molecule has 0 bridgehead atoms. The van der Waals surface area contributed by atoms with Gasteiger partial charge in [-0.1, -0.05) is 23.7 Å². The van der Waals surface area contributed by atoms with Crippen LogP contribution in [0.15, 0.2) is 53.5 Å². The van der Waals surface area contributed by atoms with Gasteiger partial charge in [0.1, 0.15) is 0 Å². The second-order valence-corrected chi connectivity index (χ2v) is 6.15. The van der Waals surface area contributed by atoms with Crippen molar-refractivity contribution in [3.63, 3.8) is 0 Å². The Hall–Kier alpha value is -2.87. The molecule has 2 aromatic carbocycles. The number of nitrogens with zero attached hydrogens (tertiary/aromatic N) is 2. The quantitative estimate of drug-likeness (QED) is 0.723. The molecule has 3 aromatic rings. The number of rotatable bonds is 4. The maximum Gasteiger partial charge on any atom is 0.416 e. The first kappa shape index (κ1) is 18.9. The molecule has 0 radical (unpaired) electrons. The summed E-state index contributed by atoms with van der Waals surface area (Å²) in [5, 5.41) is 6.77. The number of aromatic nitrogens is 2. The standard InChI is InChI=1S/C18H13ClF3N3O2/c19-13-9-11(18(20,21)22)5-6-14(13)24-17(27)7-8-25-15-4-2-1-3-12(15)16(26)10-23-25/h1-6,9-10H,7-8H2,(H,24,27). The van der Waals surface area contributed by atoms with Crippen LogP contribution >= 0.6 is 11.6 Å². The zero-order valence-electron chi connectivity index (χ0n) is 13.8. The first-order valence-electron chi connectivity index (χ1n) is 7.87. The first-order chi connectivity index (χ1) is 12.8. The second-order valence-electron chi connectivity index (χ2n) is 5.74. The molecule has 0 fully saturated rings. The molecular weight excluding hydrogens is 383 g/mol. The first-order valence-corrected chi connectivity index (χ1v) is 8.25. The maximum atomic E-state index is 12.6. The predicted octanol–water partition coefficient (Wildman–Crippen LogP) is 4.10. The molecule has 0 aliphatic rings. The van der Waals surface area contributed by atoms with Crippen LogP contribution in [-0.2, 0) is 17.5 Å². The molecule has 1 N–H and O–H groups in total. The highest BCUT2D eigenvalue weighted by Crippen LogP contribution is 2.33. The number of nitrogens with one attached hydrogen (secondary N) is 1. The van der Waals surface area contributed by atoms with Crippen LogP contribution < -0.4 is 10.7 Å². The van der Waals surface area contributed by atoms with Crippen molar-refractivity contribution in [2.24, 2.45) is 0 Å². The normalized spacial score (nSPS) is 11.6. The summed E-state index contributed by atoms with van der Waals surface area (Å²) in [6.07, 6.45) is -3.34. The van der Waals surface area contributed by atoms with Crippen molar-refractivity contribution in [2.45, 2.75) is 19.1 Å². The number of hydrogen-bond acceptors (Lipinski definition) is 3. The Labute approximate surface area is 156 Å². The fourth-order valence-corrected chi connectivity index (χ4v) is 2.78. The van der Waals surface area contributed by atoms with Crippen molar-refractivity contribution in [3.8, 4) is 0 Å². The summed E-state index contributed by atoms with van der Waals surface area (Å²) in [5.74, 6) is -0.443. The number of alkyl halides is 3. The summed E-state index contributed by atoms with van der Waals surface area (Å²) in [6, 6.07) is 9.57. The second kappa shape index (κ2) is 7.40. The van der Waals surface area contributed by atoms with Crippen molar-refractivity contribution in [2.75, 3.05) is 5.32 Å². The summed E-state index contributed by atoms with van der Waals surface area (Å²) in [5.41, 5.74) is -0.435. The molecule has 1 aromatic heterocycles. The summed E-state index contributed by atoms with van der Waals surface area (Å²) < 4.78 is 39.5. The molecule has 140 valence electrons. The van der Waals surface area contributed by atoms with Crippen LogP contribution in [-0.4, -0.2) is 15.7 Å². The Bertz CT molecular complexity index is 1060. The van der Waals surface area contributed by atoms with Crippen molar-refractivity contribution in [3.05, 3.63) is 69.5 Å². The number of benzene rings is 2. The molecule has 3 rings (SSSR count). The molecule has 0 aliphatic heterocycles. The van der Waals surface area contributed by atoms with Gasteiger partial charge < -0.3 is 5.32 Å². The molecule has 27 heavy (non-hydrogen) atoms. The van der Waals surface area contributed by atoms with Crippen LogP contribution in [0.2, 0.25) is 5.02 Å². The van der Waals surface area contributed by atoms with Gasteiger partial charge in [-0.2, -0.15) is 18.3 Å². The lowest BCUT2D eigenvalue weighted by atomic mass is 10.2. The molecule has 1 amide bonds. The van der Waals surface area contributed by atoms with Gasteiger partial charge in [0.15, 0.2) is 0 Å². The molecule has 0 unspecified atom stereocenters. The van der Waals surface area contributed by atoms with Crippen LogP contribution in [0.5, 0.6) is 0 Å². The number of aryl methyl sites for hydroxylation is 1. The molecule has 0 spiro atoms. The van der Waals surface area contributed by atoms with E-state index in [4.69, 9.17) is 11.6 Å². The van der Waals surface area contributed by atoms with Crippen molar-refractivity contribution >= 4 is 34.1 Å². The highest BCUT2D eigenvalue weighted by Gasteiger charge is 2.31. The average molecular weight is 396 g/mol. The van der Waals surface area contributed by atoms with E-state index in [-0.39, 0.29) is 29.1 Å². The number of hydrogen-bond donors (Lipinski definition) is 1. The van der Waals surface area contributed by atoms with E-state index in [0.717, 1.165) is 18.2 Å². The number of carbonyl (C=O) groups is 1. The lowest BCUT2D eigenvalue weighted by Gasteiger charge is -2.12. The van der Waals surface area contributed by atoms with E-state index in [0.29, 0.717) is 10.9 Å². The maximum absolute atomic E-state index is 12.6. The number of halogens is 4. The van der Waals surface area contributed by atoms with Crippen LogP contribution in [0, 0.1) is 0 Å². The Morgan fingerprint density at radius 2 is 1.93 bits per heavy atom. The lowest BCUT2D eigenvalue weighted by Crippen LogP contribution is -2.18. The summed E-state index contributed by atoms with van der Waals surface area (Å²) >= 11 is 5.83. The summed E-state index contributed by atoms with van der Waals surface area (Å²) in [6.45, 7) is 0.185. The van der Waals surface area contributed by atoms with Gasteiger partial charge in [0.2, 0.25) is 11.3 Å².